The third kappa shape index (κ3) is 3.69. The van der Waals surface area contributed by atoms with Gasteiger partial charge in [-0.2, -0.15) is 13.2 Å². The van der Waals surface area contributed by atoms with Gasteiger partial charge in [-0.3, -0.25) is 9.20 Å². The van der Waals surface area contributed by atoms with Gasteiger partial charge in [0.25, 0.3) is 5.91 Å². The highest BCUT2D eigenvalue weighted by Gasteiger charge is 2.38. The van der Waals surface area contributed by atoms with Crippen LogP contribution in [0.25, 0.3) is 5.65 Å². The average molecular weight is 275 g/mol. The maximum atomic E-state index is 10.8. The largest absolute Gasteiger partial charge is 0.490 e. The maximum absolute atomic E-state index is 10.8. The van der Waals surface area contributed by atoms with Crippen LogP contribution in [0.15, 0.2) is 30.6 Å². The minimum absolute atomic E-state index is 0.408. The molecule has 0 unspecified atom stereocenters. The molecule has 0 aliphatic carbocycles. The lowest BCUT2D eigenvalue weighted by atomic mass is 10.4. The summed E-state index contributed by atoms with van der Waals surface area (Å²) in [6, 6.07) is 5.49. The van der Waals surface area contributed by atoms with E-state index in [9.17, 15) is 18.0 Å². The van der Waals surface area contributed by atoms with Crippen molar-refractivity contribution in [2.24, 2.45) is 5.73 Å². The molecule has 2 rings (SSSR count). The number of nitrogens with two attached hydrogens (primary N) is 1. The predicted molar refractivity (Wildman–Crippen MR) is 57.4 cm³/mol. The molecule has 2 heterocycles. The van der Waals surface area contributed by atoms with Crippen molar-refractivity contribution in [3.63, 3.8) is 0 Å². The molecule has 6 nitrogen and oxygen atoms in total. The van der Waals surface area contributed by atoms with Gasteiger partial charge >= 0.3 is 12.1 Å². The normalized spacial score (nSPS) is 10.7. The zero-order valence-electron chi connectivity index (χ0n) is 9.26. The van der Waals surface area contributed by atoms with Crippen molar-refractivity contribution in [1.82, 2.24) is 9.38 Å². The minimum atomic E-state index is -5.08. The second-order valence-corrected chi connectivity index (χ2v) is 3.24. The Hall–Kier alpha value is -2.58. The van der Waals surface area contributed by atoms with Crippen molar-refractivity contribution < 1.29 is 27.9 Å². The maximum Gasteiger partial charge on any atom is 0.490 e. The first-order valence-electron chi connectivity index (χ1n) is 4.75. The van der Waals surface area contributed by atoms with Gasteiger partial charge in [-0.1, -0.05) is 6.07 Å². The van der Waals surface area contributed by atoms with Gasteiger partial charge in [-0.25, -0.2) is 9.78 Å². The topological polar surface area (TPSA) is 97.7 Å². The van der Waals surface area contributed by atoms with Crippen LogP contribution >= 0.6 is 0 Å². The monoisotopic (exact) mass is 275 g/mol. The van der Waals surface area contributed by atoms with Crippen LogP contribution in [0.4, 0.5) is 13.2 Å². The SMILES string of the molecule is NC(=O)c1cnc2ccccn12.O=C(O)C(F)(F)F. The number of aromatic nitrogens is 2. The van der Waals surface area contributed by atoms with E-state index in [0.29, 0.717) is 5.69 Å². The second kappa shape index (κ2) is 5.38. The molecule has 19 heavy (non-hydrogen) atoms. The zero-order chi connectivity index (χ0) is 14.6. The van der Waals surface area contributed by atoms with E-state index in [0.717, 1.165) is 5.65 Å². The van der Waals surface area contributed by atoms with E-state index in [1.165, 1.54) is 6.20 Å². The number of pyridine rings is 1. The van der Waals surface area contributed by atoms with Crippen molar-refractivity contribution in [2.75, 3.05) is 0 Å². The highest BCUT2D eigenvalue weighted by atomic mass is 19.4. The lowest BCUT2D eigenvalue weighted by molar-refractivity contribution is -0.192. The first kappa shape index (κ1) is 14.5. The number of amides is 1. The molecule has 102 valence electrons. The fraction of sp³-hybridized carbons (Fsp3) is 0.100. The van der Waals surface area contributed by atoms with Gasteiger partial charge in [0, 0.05) is 6.20 Å². The molecule has 2 aromatic heterocycles. The van der Waals surface area contributed by atoms with E-state index >= 15 is 0 Å². The summed E-state index contributed by atoms with van der Waals surface area (Å²) in [5.74, 6) is -3.22. The Bertz CT molecular complexity index is 607. The van der Waals surface area contributed by atoms with E-state index < -0.39 is 18.1 Å². The Kier molecular flexibility index (Phi) is 4.10. The van der Waals surface area contributed by atoms with Gasteiger partial charge in [0.1, 0.15) is 11.3 Å². The zero-order valence-corrected chi connectivity index (χ0v) is 9.26. The molecule has 0 saturated carbocycles. The van der Waals surface area contributed by atoms with E-state index in [4.69, 9.17) is 15.6 Å². The molecule has 0 aliphatic heterocycles. The van der Waals surface area contributed by atoms with Crippen LogP contribution in [0.5, 0.6) is 0 Å². The van der Waals surface area contributed by atoms with Crippen LogP contribution in [-0.2, 0) is 4.79 Å². The average Bonchev–Trinajstić information content (AvgIpc) is 2.72. The van der Waals surface area contributed by atoms with E-state index in [-0.39, 0.29) is 0 Å². The fourth-order valence-electron chi connectivity index (χ4n) is 1.11. The number of halogens is 3. The number of carboxylic acid groups (broad SMARTS) is 1. The first-order chi connectivity index (χ1) is 8.73. The summed E-state index contributed by atoms with van der Waals surface area (Å²) >= 11 is 0. The van der Waals surface area contributed by atoms with Crippen LogP contribution in [0.1, 0.15) is 10.5 Å². The van der Waals surface area contributed by atoms with Crippen LogP contribution < -0.4 is 5.73 Å². The number of primary amides is 1. The van der Waals surface area contributed by atoms with Crippen LogP contribution in [0.3, 0.4) is 0 Å². The van der Waals surface area contributed by atoms with Gasteiger partial charge in [0.2, 0.25) is 0 Å². The summed E-state index contributed by atoms with van der Waals surface area (Å²) in [5, 5.41) is 7.12. The highest BCUT2D eigenvalue weighted by Crippen LogP contribution is 2.13. The standard InChI is InChI=1S/C8H7N3O.C2HF3O2/c9-8(12)6-5-10-7-3-1-2-4-11(6)7;3-2(4,5)1(6)7/h1-5H,(H2,9,12);(H,6,7). The smallest absolute Gasteiger partial charge is 0.475 e. The summed E-state index contributed by atoms with van der Waals surface area (Å²) in [6.07, 6.45) is -1.86. The molecule has 0 fully saturated rings. The number of rotatable bonds is 1. The Morgan fingerprint density at radius 1 is 1.32 bits per heavy atom. The van der Waals surface area contributed by atoms with Crippen molar-refractivity contribution in [2.45, 2.75) is 6.18 Å². The summed E-state index contributed by atoms with van der Waals surface area (Å²) in [6.45, 7) is 0. The van der Waals surface area contributed by atoms with Crippen LogP contribution in [-0.4, -0.2) is 32.5 Å². The van der Waals surface area contributed by atoms with E-state index in [1.807, 2.05) is 18.2 Å². The lowest BCUT2D eigenvalue weighted by Gasteiger charge is -1.94. The van der Waals surface area contributed by atoms with Crippen molar-refractivity contribution in [3.8, 4) is 0 Å². The number of carbonyl (C=O) groups excluding carboxylic acids is 1. The number of carboxylic acids is 1. The molecule has 9 heteroatoms. The Morgan fingerprint density at radius 3 is 2.37 bits per heavy atom. The predicted octanol–water partition coefficient (Wildman–Crippen LogP) is 1.07. The number of fused-ring (bicyclic) bond motifs is 1. The highest BCUT2D eigenvalue weighted by molar-refractivity contribution is 5.91. The van der Waals surface area contributed by atoms with E-state index in [1.54, 1.807) is 10.6 Å². The number of hydrogen-bond acceptors (Lipinski definition) is 3. The second-order valence-electron chi connectivity index (χ2n) is 3.24. The molecule has 2 aromatic rings. The molecule has 3 N–H and O–H groups in total. The third-order valence-corrected chi connectivity index (χ3v) is 1.91. The number of hydrogen-bond donors (Lipinski definition) is 2. The molecule has 0 aromatic carbocycles. The van der Waals surface area contributed by atoms with Gasteiger partial charge in [0.05, 0.1) is 6.20 Å². The van der Waals surface area contributed by atoms with Gasteiger partial charge < -0.3 is 10.8 Å². The molecule has 0 radical (unpaired) electrons. The van der Waals surface area contributed by atoms with Crippen LogP contribution in [0, 0.1) is 0 Å². The molecular formula is C10H8F3N3O3. The molecule has 1 amide bonds. The van der Waals surface area contributed by atoms with Gasteiger partial charge in [-0.15, -0.1) is 0 Å². The van der Waals surface area contributed by atoms with E-state index in [2.05, 4.69) is 4.98 Å². The molecule has 0 saturated heterocycles. The summed E-state index contributed by atoms with van der Waals surface area (Å²) in [7, 11) is 0. The lowest BCUT2D eigenvalue weighted by Crippen LogP contribution is -2.21. The molecular weight excluding hydrogens is 267 g/mol. The Balaban J connectivity index is 0.000000224. The first-order valence-corrected chi connectivity index (χ1v) is 4.75. The molecule has 0 bridgehead atoms. The van der Waals surface area contributed by atoms with Crippen molar-refractivity contribution in [1.29, 1.82) is 0 Å². The quantitative estimate of drug-likeness (QED) is 0.813. The van der Waals surface area contributed by atoms with Crippen LogP contribution in [0.2, 0.25) is 0 Å². The fourth-order valence-corrected chi connectivity index (χ4v) is 1.11. The summed E-state index contributed by atoms with van der Waals surface area (Å²) < 4.78 is 33.4. The molecule has 0 spiro atoms. The summed E-state index contributed by atoms with van der Waals surface area (Å²) in [5.41, 5.74) is 6.26. The summed E-state index contributed by atoms with van der Waals surface area (Å²) in [4.78, 5) is 23.7. The van der Waals surface area contributed by atoms with Gasteiger partial charge in [-0.05, 0) is 12.1 Å². The number of nitrogens with zero attached hydrogens (tertiary/aromatic N) is 2. The van der Waals surface area contributed by atoms with Crippen molar-refractivity contribution in [3.05, 3.63) is 36.3 Å². The minimum Gasteiger partial charge on any atom is -0.475 e. The Labute approximate surface area is 104 Å². The number of imidazole rings is 1. The third-order valence-electron chi connectivity index (χ3n) is 1.91. The van der Waals surface area contributed by atoms with Gasteiger partial charge in [0.15, 0.2) is 0 Å². The molecule has 0 atom stereocenters. The number of carbonyl (C=O) groups is 2. The number of alkyl halides is 3. The van der Waals surface area contributed by atoms with Crippen molar-refractivity contribution >= 4 is 17.5 Å². The number of aliphatic carboxylic acids is 1. The Morgan fingerprint density at radius 2 is 1.89 bits per heavy atom. The molecule has 0 aliphatic rings.